The van der Waals surface area contributed by atoms with E-state index in [9.17, 15) is 4.79 Å². The number of amides is 1. The molecule has 1 atom stereocenters. The zero-order valence-electron chi connectivity index (χ0n) is 36.0. The number of anilines is 1. The van der Waals surface area contributed by atoms with E-state index < -0.39 is 0 Å². The lowest BCUT2D eigenvalue weighted by Gasteiger charge is -2.51. The summed E-state index contributed by atoms with van der Waals surface area (Å²) < 4.78 is 13.9. The van der Waals surface area contributed by atoms with E-state index >= 15 is 0 Å². The maximum absolute atomic E-state index is 13.2. The van der Waals surface area contributed by atoms with E-state index in [0.717, 1.165) is 103 Å². The largest absolute Gasteiger partial charge is 0.490 e. The number of benzene rings is 2. The molecule has 4 aliphatic rings. The number of fused-ring (bicyclic) bond motifs is 3. The number of aromatic nitrogens is 6. The van der Waals surface area contributed by atoms with Crippen LogP contribution in [0.3, 0.4) is 0 Å². The summed E-state index contributed by atoms with van der Waals surface area (Å²) in [5.74, 6) is 10.9. The van der Waals surface area contributed by atoms with Gasteiger partial charge >= 0.3 is 0 Å². The van der Waals surface area contributed by atoms with Crippen molar-refractivity contribution < 1.29 is 13.9 Å². The summed E-state index contributed by atoms with van der Waals surface area (Å²) in [5.41, 5.74) is 6.22. The standard InChI is InChI=1S/C49H47ClN10O3S/c1-29-30(2)64-48-44(29)45(54-41(24-43-52-20-22-62-43)46-58-55-31(3)60(46)48)34-9-7-32(8-10-34)5-6-33-25-49(26-33)19-4-21-59(28-49)42-18-17-40(56-57-42)47(61)53-36-12-15-37(16-13-36)63-38-14-11-35(27-51)39(50)23-38/h7-11,14,17-18,20,22-23,33,36-37,41H,4,12-13,15-16,19,21,24-26,28H2,1-3H3,(H,53,61)/t33?,36-,37-,41-,49?/m0/s1. The Labute approximate surface area is 381 Å². The Bertz CT molecular complexity index is 2840. The second-order valence-electron chi connectivity index (χ2n) is 17.6. The average molecular weight is 892 g/mol. The molecule has 6 heterocycles. The number of piperidine rings is 1. The molecule has 1 spiro atoms. The number of oxazole rings is 1. The SMILES string of the molecule is Cc1sc2c(c1C)C(c1ccc(C#CC3CC4(CCCN(c5ccc(C(=O)N[C@H]6CC[C@H](Oc7ccc(C#N)c(Cl)c7)CC6)nn5)C4)C3)cc1)=N[C@@H](Cc1ncco1)c1nnc(C)n1-2. The van der Waals surface area contributed by atoms with E-state index in [4.69, 9.17) is 31.0 Å². The molecule has 4 aromatic heterocycles. The predicted octanol–water partition coefficient (Wildman–Crippen LogP) is 8.86. The second-order valence-corrected chi connectivity index (χ2v) is 19.2. The Kier molecular flexibility index (Phi) is 11.3. The molecule has 2 aromatic carbocycles. The van der Waals surface area contributed by atoms with Gasteiger partial charge in [0.05, 0.1) is 35.0 Å². The van der Waals surface area contributed by atoms with Crippen LogP contribution in [0.2, 0.25) is 5.02 Å². The van der Waals surface area contributed by atoms with Gasteiger partial charge in [-0.05, 0) is 120 Å². The molecule has 1 amide bonds. The Morgan fingerprint density at radius 3 is 2.59 bits per heavy atom. The van der Waals surface area contributed by atoms with Gasteiger partial charge in [-0.1, -0.05) is 35.6 Å². The third-order valence-electron chi connectivity index (χ3n) is 13.3. The number of nitrogens with one attached hydrogen (secondary N) is 1. The highest BCUT2D eigenvalue weighted by Gasteiger charge is 2.46. The zero-order chi connectivity index (χ0) is 44.0. The number of aryl methyl sites for hydroxylation is 2. The molecule has 1 saturated heterocycles. The van der Waals surface area contributed by atoms with Crippen molar-refractivity contribution in [3.63, 3.8) is 0 Å². The normalized spacial score (nSPS) is 22.5. The molecule has 10 rings (SSSR count). The van der Waals surface area contributed by atoms with Gasteiger partial charge in [0.25, 0.3) is 5.91 Å². The first-order valence-electron chi connectivity index (χ1n) is 22.0. The number of hydrogen-bond acceptors (Lipinski definition) is 12. The van der Waals surface area contributed by atoms with E-state index in [-0.39, 0.29) is 29.5 Å². The molecule has 324 valence electrons. The van der Waals surface area contributed by atoms with Crippen LogP contribution in [0.5, 0.6) is 5.75 Å². The summed E-state index contributed by atoms with van der Waals surface area (Å²) in [6.07, 6.45) is 11.3. The lowest BCUT2D eigenvalue weighted by Crippen LogP contribution is -2.50. The van der Waals surface area contributed by atoms with Crippen molar-refractivity contribution in [1.29, 1.82) is 5.26 Å². The van der Waals surface area contributed by atoms with Gasteiger partial charge in [-0.3, -0.25) is 14.4 Å². The molecule has 0 unspecified atom stereocenters. The highest BCUT2D eigenvalue weighted by molar-refractivity contribution is 7.15. The first-order chi connectivity index (χ1) is 31.1. The molecule has 6 aromatic rings. The van der Waals surface area contributed by atoms with Crippen LogP contribution in [0.4, 0.5) is 5.82 Å². The summed E-state index contributed by atoms with van der Waals surface area (Å²) >= 11 is 7.92. The van der Waals surface area contributed by atoms with E-state index in [1.807, 2.05) is 13.0 Å². The van der Waals surface area contributed by atoms with Gasteiger partial charge < -0.3 is 19.4 Å². The minimum absolute atomic E-state index is 0.0280. The molecular formula is C49H47ClN10O3S. The first-order valence-corrected chi connectivity index (χ1v) is 23.2. The van der Waals surface area contributed by atoms with Gasteiger partial charge in [0.15, 0.2) is 23.2 Å². The number of hydrogen-bond donors (Lipinski definition) is 1. The average Bonchev–Trinajstić information content (AvgIpc) is 4.01. The maximum atomic E-state index is 13.2. The topological polar surface area (TPSA) is 160 Å². The van der Waals surface area contributed by atoms with Crippen molar-refractivity contribution in [2.24, 2.45) is 16.3 Å². The van der Waals surface area contributed by atoms with Crippen LogP contribution >= 0.6 is 22.9 Å². The van der Waals surface area contributed by atoms with Crippen molar-refractivity contribution in [3.05, 3.63) is 128 Å². The van der Waals surface area contributed by atoms with Crippen molar-refractivity contribution in [3.8, 4) is 28.7 Å². The van der Waals surface area contributed by atoms with Gasteiger partial charge in [-0.25, -0.2) is 4.98 Å². The molecule has 0 bridgehead atoms. The molecular weight excluding hydrogens is 844 g/mol. The molecule has 2 aliphatic carbocycles. The van der Waals surface area contributed by atoms with Crippen LogP contribution in [-0.2, 0) is 6.42 Å². The monoisotopic (exact) mass is 890 g/mol. The number of nitriles is 1. The second kappa shape index (κ2) is 17.3. The van der Waals surface area contributed by atoms with E-state index in [1.54, 1.807) is 48.1 Å². The lowest BCUT2D eigenvalue weighted by atomic mass is 9.58. The van der Waals surface area contributed by atoms with E-state index in [1.165, 1.54) is 16.9 Å². The number of carbonyl (C=O) groups excluding carboxylic acids is 1. The molecule has 1 N–H and O–H groups in total. The van der Waals surface area contributed by atoms with Crippen LogP contribution in [0.1, 0.15) is 118 Å². The van der Waals surface area contributed by atoms with Gasteiger partial charge in [0.1, 0.15) is 34.9 Å². The van der Waals surface area contributed by atoms with Crippen LogP contribution in [0.15, 0.2) is 76.5 Å². The molecule has 13 nitrogen and oxygen atoms in total. The van der Waals surface area contributed by atoms with Gasteiger partial charge in [-0.15, -0.1) is 31.7 Å². The Hall–Kier alpha value is -6.35. The van der Waals surface area contributed by atoms with E-state index in [2.05, 4.69) is 96.2 Å². The summed E-state index contributed by atoms with van der Waals surface area (Å²) in [4.78, 5) is 26.5. The number of carbonyl (C=O) groups is 1. The molecule has 15 heteroatoms. The van der Waals surface area contributed by atoms with Gasteiger partial charge in [0, 0.05) is 52.7 Å². The van der Waals surface area contributed by atoms with Crippen LogP contribution in [-0.4, -0.2) is 66.8 Å². The van der Waals surface area contributed by atoms with Crippen molar-refractivity contribution in [2.75, 3.05) is 18.0 Å². The third-order valence-corrected chi connectivity index (χ3v) is 14.8. The minimum Gasteiger partial charge on any atom is -0.490 e. The van der Waals surface area contributed by atoms with Crippen LogP contribution < -0.4 is 15.0 Å². The number of nitrogens with zero attached hydrogens (tertiary/aromatic N) is 9. The first kappa shape index (κ1) is 41.6. The molecule has 64 heavy (non-hydrogen) atoms. The predicted molar refractivity (Wildman–Crippen MR) is 244 cm³/mol. The fourth-order valence-corrected chi connectivity index (χ4v) is 11.2. The smallest absolute Gasteiger partial charge is 0.272 e. The third kappa shape index (κ3) is 8.28. The number of rotatable bonds is 8. The molecule has 0 radical (unpaired) electrons. The van der Waals surface area contributed by atoms with Crippen molar-refractivity contribution >= 4 is 40.4 Å². The fraction of sp³-hybridized carbons (Fsp3) is 0.388. The van der Waals surface area contributed by atoms with Crippen LogP contribution in [0, 0.1) is 55.3 Å². The van der Waals surface area contributed by atoms with E-state index in [0.29, 0.717) is 40.3 Å². The summed E-state index contributed by atoms with van der Waals surface area (Å²) in [5, 5.41) is 31.7. The van der Waals surface area contributed by atoms with Crippen LogP contribution in [0.25, 0.3) is 5.00 Å². The zero-order valence-corrected chi connectivity index (χ0v) is 37.5. The highest BCUT2D eigenvalue weighted by Crippen LogP contribution is 2.51. The summed E-state index contributed by atoms with van der Waals surface area (Å²) in [6, 6.07) is 19.1. The van der Waals surface area contributed by atoms with Gasteiger partial charge in [-0.2, -0.15) is 5.26 Å². The number of ether oxygens (including phenoxy) is 1. The molecule has 2 saturated carbocycles. The quantitative estimate of drug-likeness (QED) is 0.146. The Balaban J connectivity index is 0.743. The van der Waals surface area contributed by atoms with Crippen molar-refractivity contribution in [2.45, 2.75) is 96.7 Å². The molecule has 3 fully saturated rings. The Morgan fingerprint density at radius 2 is 1.86 bits per heavy atom. The number of thiophene rings is 1. The minimum atomic E-state index is -0.318. The fourth-order valence-electron chi connectivity index (χ4n) is 9.82. The number of aliphatic imine (C=N–C) groups is 1. The Morgan fingerprint density at radius 1 is 1.03 bits per heavy atom. The maximum Gasteiger partial charge on any atom is 0.272 e. The number of halogens is 1. The van der Waals surface area contributed by atoms with Crippen molar-refractivity contribution in [1.82, 2.24) is 35.3 Å². The van der Waals surface area contributed by atoms with Gasteiger partial charge in [0.2, 0.25) is 0 Å². The lowest BCUT2D eigenvalue weighted by molar-refractivity contribution is 0.0684. The summed E-state index contributed by atoms with van der Waals surface area (Å²) in [7, 11) is 0. The molecule has 2 aliphatic heterocycles. The summed E-state index contributed by atoms with van der Waals surface area (Å²) in [6.45, 7) is 8.14. The highest BCUT2D eigenvalue weighted by atomic mass is 35.5.